The van der Waals surface area contributed by atoms with Gasteiger partial charge in [0.25, 0.3) is 0 Å². The zero-order valence-electron chi connectivity index (χ0n) is 13.8. The first-order chi connectivity index (χ1) is 11.1. The number of aromatic nitrogens is 1. The zero-order valence-corrected chi connectivity index (χ0v) is 13.8. The molecule has 0 radical (unpaired) electrons. The molecule has 0 saturated heterocycles. The molecule has 0 unspecified atom stereocenters. The molecule has 0 atom stereocenters. The molecule has 0 aliphatic carbocycles. The van der Waals surface area contributed by atoms with E-state index >= 15 is 0 Å². The van der Waals surface area contributed by atoms with Crippen molar-refractivity contribution < 1.29 is 13.9 Å². The van der Waals surface area contributed by atoms with Gasteiger partial charge in [0.05, 0.1) is 25.6 Å². The maximum atomic E-state index is 13.6. The summed E-state index contributed by atoms with van der Waals surface area (Å²) in [7, 11) is 1.62. The summed E-state index contributed by atoms with van der Waals surface area (Å²) in [6, 6.07) is 7.33. The predicted molar refractivity (Wildman–Crippen MR) is 89.5 cm³/mol. The number of nitrogens with one attached hydrogen (secondary N) is 1. The van der Waals surface area contributed by atoms with Crippen molar-refractivity contribution in [2.75, 3.05) is 19.0 Å². The highest BCUT2D eigenvalue weighted by Crippen LogP contribution is 2.29. The number of halogens is 1. The van der Waals surface area contributed by atoms with Crippen molar-refractivity contribution in [3.05, 3.63) is 48.0 Å². The molecule has 2 rings (SSSR count). The molecule has 1 heterocycles. The Balaban J connectivity index is 2.03. The van der Waals surface area contributed by atoms with E-state index in [9.17, 15) is 4.39 Å². The highest BCUT2D eigenvalue weighted by atomic mass is 19.1. The van der Waals surface area contributed by atoms with Crippen molar-refractivity contribution in [3.8, 4) is 11.5 Å². The molecule has 1 aromatic carbocycles. The van der Waals surface area contributed by atoms with Crippen molar-refractivity contribution in [1.29, 1.82) is 0 Å². The van der Waals surface area contributed by atoms with E-state index in [1.165, 1.54) is 6.20 Å². The molecule has 1 N–H and O–H groups in total. The Morgan fingerprint density at radius 3 is 2.74 bits per heavy atom. The highest BCUT2D eigenvalue weighted by Gasteiger charge is 2.07. The fraction of sp³-hybridized carbons (Fsp3) is 0.389. The minimum absolute atomic E-state index is 0.366. The van der Waals surface area contributed by atoms with Gasteiger partial charge in [0.15, 0.2) is 17.3 Å². The van der Waals surface area contributed by atoms with Gasteiger partial charge in [0, 0.05) is 12.7 Å². The molecular formula is C18H23FN2O2. The predicted octanol–water partition coefficient (Wildman–Crippen LogP) is 4.27. The van der Waals surface area contributed by atoms with Crippen LogP contribution in [0.25, 0.3) is 0 Å². The molecule has 0 spiro atoms. The Labute approximate surface area is 136 Å². The lowest BCUT2D eigenvalue weighted by Gasteiger charge is -2.14. The Hall–Kier alpha value is -2.30. The number of benzene rings is 1. The summed E-state index contributed by atoms with van der Waals surface area (Å²) in [5.41, 5.74) is 1.42. The summed E-state index contributed by atoms with van der Waals surface area (Å²) in [4.78, 5) is 3.73. The van der Waals surface area contributed by atoms with Gasteiger partial charge in [-0.2, -0.15) is 0 Å². The van der Waals surface area contributed by atoms with Gasteiger partial charge in [0.2, 0.25) is 0 Å². The van der Waals surface area contributed by atoms with Crippen LogP contribution in [0.5, 0.6) is 11.5 Å². The van der Waals surface area contributed by atoms with Crippen LogP contribution < -0.4 is 14.8 Å². The highest BCUT2D eigenvalue weighted by molar-refractivity contribution is 5.46. The number of nitrogens with zero attached hydrogens (tertiary/aromatic N) is 1. The molecule has 0 fully saturated rings. The molecule has 1 aromatic heterocycles. The second-order valence-electron chi connectivity index (χ2n) is 5.73. The van der Waals surface area contributed by atoms with E-state index in [1.807, 2.05) is 18.2 Å². The molecule has 0 aliphatic heterocycles. The zero-order chi connectivity index (χ0) is 16.7. The van der Waals surface area contributed by atoms with E-state index in [0.29, 0.717) is 36.3 Å². The summed E-state index contributed by atoms with van der Waals surface area (Å²) >= 11 is 0. The van der Waals surface area contributed by atoms with E-state index in [-0.39, 0.29) is 5.82 Å². The van der Waals surface area contributed by atoms with Crippen molar-refractivity contribution in [2.45, 2.75) is 26.8 Å². The van der Waals surface area contributed by atoms with Crippen LogP contribution in [0.2, 0.25) is 0 Å². The Kier molecular flexibility index (Phi) is 6.20. The largest absolute Gasteiger partial charge is 0.493 e. The van der Waals surface area contributed by atoms with Gasteiger partial charge in [-0.1, -0.05) is 19.9 Å². The molecule has 4 nitrogen and oxygen atoms in total. The van der Waals surface area contributed by atoms with E-state index in [2.05, 4.69) is 24.1 Å². The summed E-state index contributed by atoms with van der Waals surface area (Å²) in [5, 5.41) is 3.06. The van der Waals surface area contributed by atoms with Gasteiger partial charge in [-0.3, -0.25) is 4.98 Å². The first-order valence-electron chi connectivity index (χ1n) is 7.73. The smallest absolute Gasteiger partial charge is 0.164 e. The summed E-state index contributed by atoms with van der Waals surface area (Å²) < 4.78 is 24.7. The number of methoxy groups -OCH3 is 1. The fourth-order valence-electron chi connectivity index (χ4n) is 2.06. The minimum atomic E-state index is -0.366. The SMILES string of the molecule is COc1ccc(CNc2ccncc2F)cc1OCCC(C)C. The first kappa shape index (κ1) is 17.1. The lowest BCUT2D eigenvalue weighted by molar-refractivity contribution is 0.272. The normalized spacial score (nSPS) is 10.7. The van der Waals surface area contributed by atoms with Gasteiger partial charge < -0.3 is 14.8 Å². The quantitative estimate of drug-likeness (QED) is 0.789. The number of hydrogen-bond acceptors (Lipinski definition) is 4. The fourth-order valence-corrected chi connectivity index (χ4v) is 2.06. The number of anilines is 1. The van der Waals surface area contributed by atoms with Crippen molar-refractivity contribution >= 4 is 5.69 Å². The minimum Gasteiger partial charge on any atom is -0.493 e. The summed E-state index contributed by atoms with van der Waals surface area (Å²) in [5.74, 6) is 1.63. The van der Waals surface area contributed by atoms with Crippen LogP contribution in [0.1, 0.15) is 25.8 Å². The van der Waals surface area contributed by atoms with Gasteiger partial charge in [-0.15, -0.1) is 0 Å². The van der Waals surface area contributed by atoms with Crippen LogP contribution in [-0.4, -0.2) is 18.7 Å². The molecule has 0 aliphatic rings. The van der Waals surface area contributed by atoms with Crippen LogP contribution in [-0.2, 0) is 6.54 Å². The third-order valence-corrected chi connectivity index (χ3v) is 3.44. The molecule has 2 aromatic rings. The second kappa shape index (κ2) is 8.36. The van der Waals surface area contributed by atoms with Crippen LogP contribution in [0.3, 0.4) is 0 Å². The Morgan fingerprint density at radius 2 is 2.04 bits per heavy atom. The average molecular weight is 318 g/mol. The van der Waals surface area contributed by atoms with Gasteiger partial charge in [0.1, 0.15) is 0 Å². The van der Waals surface area contributed by atoms with E-state index in [0.717, 1.165) is 12.0 Å². The topological polar surface area (TPSA) is 43.4 Å². The monoisotopic (exact) mass is 318 g/mol. The standard InChI is InChI=1S/C18H23FN2O2/c1-13(2)7-9-23-18-10-14(4-5-17(18)22-3)11-21-16-6-8-20-12-15(16)19/h4-6,8,10,12-13H,7,9,11H2,1-3H3,(H,20,21). The van der Waals surface area contributed by atoms with Crippen LogP contribution in [0.4, 0.5) is 10.1 Å². The van der Waals surface area contributed by atoms with Crippen LogP contribution in [0, 0.1) is 11.7 Å². The van der Waals surface area contributed by atoms with E-state index < -0.39 is 0 Å². The van der Waals surface area contributed by atoms with Crippen molar-refractivity contribution in [2.24, 2.45) is 5.92 Å². The molecule has 5 heteroatoms. The summed E-state index contributed by atoms with van der Waals surface area (Å²) in [6.45, 7) is 5.45. The van der Waals surface area contributed by atoms with Gasteiger partial charge >= 0.3 is 0 Å². The molecule has 0 bridgehead atoms. The maximum Gasteiger partial charge on any atom is 0.164 e. The number of rotatable bonds is 8. The molecule has 0 amide bonds. The lowest BCUT2D eigenvalue weighted by Crippen LogP contribution is -2.05. The molecule has 23 heavy (non-hydrogen) atoms. The third-order valence-electron chi connectivity index (χ3n) is 3.44. The lowest BCUT2D eigenvalue weighted by atomic mass is 10.1. The number of pyridine rings is 1. The molecule has 124 valence electrons. The third kappa shape index (κ3) is 5.13. The van der Waals surface area contributed by atoms with Crippen molar-refractivity contribution in [3.63, 3.8) is 0 Å². The van der Waals surface area contributed by atoms with Gasteiger partial charge in [-0.05, 0) is 36.1 Å². The van der Waals surface area contributed by atoms with Crippen LogP contribution in [0.15, 0.2) is 36.7 Å². The van der Waals surface area contributed by atoms with Gasteiger partial charge in [-0.25, -0.2) is 4.39 Å². The number of hydrogen-bond donors (Lipinski definition) is 1. The average Bonchev–Trinajstić information content (AvgIpc) is 2.54. The first-order valence-corrected chi connectivity index (χ1v) is 7.73. The van der Waals surface area contributed by atoms with Crippen LogP contribution >= 0.6 is 0 Å². The second-order valence-corrected chi connectivity index (χ2v) is 5.73. The number of ether oxygens (including phenoxy) is 2. The Morgan fingerprint density at radius 1 is 1.22 bits per heavy atom. The molecule has 0 saturated carbocycles. The van der Waals surface area contributed by atoms with Crippen molar-refractivity contribution in [1.82, 2.24) is 4.98 Å². The summed E-state index contributed by atoms with van der Waals surface area (Å²) in [6.07, 6.45) is 3.73. The molecular weight excluding hydrogens is 295 g/mol. The maximum absolute atomic E-state index is 13.6. The van der Waals surface area contributed by atoms with E-state index in [1.54, 1.807) is 19.4 Å². The Bertz CT molecular complexity index is 632. The van der Waals surface area contributed by atoms with E-state index in [4.69, 9.17) is 9.47 Å².